The lowest BCUT2D eigenvalue weighted by molar-refractivity contribution is -0.140. The molecule has 0 aliphatic carbocycles. The highest BCUT2D eigenvalue weighted by molar-refractivity contribution is 9.10. The highest BCUT2D eigenvalue weighted by Crippen LogP contribution is 2.29. The van der Waals surface area contributed by atoms with Gasteiger partial charge in [-0.2, -0.15) is 0 Å². The van der Waals surface area contributed by atoms with Crippen molar-refractivity contribution >= 4 is 55.1 Å². The molecule has 0 aromatic heterocycles. The minimum atomic E-state index is -4.22. The van der Waals surface area contributed by atoms with Crippen molar-refractivity contribution in [3.63, 3.8) is 0 Å². The van der Waals surface area contributed by atoms with Gasteiger partial charge in [-0.3, -0.25) is 13.9 Å². The molecule has 4 aromatic rings. The van der Waals surface area contributed by atoms with Gasteiger partial charge in [-0.25, -0.2) is 8.42 Å². The lowest BCUT2D eigenvalue weighted by Gasteiger charge is -2.34. The Kier molecular flexibility index (Phi) is 12.1. The van der Waals surface area contributed by atoms with Gasteiger partial charge in [0.25, 0.3) is 10.0 Å². The van der Waals surface area contributed by atoms with E-state index in [-0.39, 0.29) is 35.4 Å². The van der Waals surface area contributed by atoms with Crippen molar-refractivity contribution in [2.24, 2.45) is 5.92 Å². The summed E-state index contributed by atoms with van der Waals surface area (Å²) in [5, 5.41) is 3.37. The molecule has 2 amide bonds. The van der Waals surface area contributed by atoms with Gasteiger partial charge < -0.3 is 10.2 Å². The molecule has 0 fully saturated rings. The largest absolute Gasteiger partial charge is 0.354 e. The second-order valence-corrected chi connectivity index (χ2v) is 14.9. The van der Waals surface area contributed by atoms with E-state index < -0.39 is 28.5 Å². The molecule has 0 aliphatic heterocycles. The van der Waals surface area contributed by atoms with Crippen LogP contribution in [-0.2, 0) is 32.6 Å². The van der Waals surface area contributed by atoms with Crippen LogP contribution in [0.1, 0.15) is 36.1 Å². The van der Waals surface area contributed by atoms with Gasteiger partial charge in [0.1, 0.15) is 12.6 Å². The van der Waals surface area contributed by atoms with Crippen LogP contribution in [0.15, 0.2) is 106 Å². The molecule has 0 saturated carbocycles. The number of aryl methyl sites for hydroxylation is 2. The molecule has 10 heteroatoms. The second-order valence-electron chi connectivity index (χ2n) is 11.8. The van der Waals surface area contributed by atoms with Crippen LogP contribution >= 0.6 is 27.5 Å². The number of nitrogens with zero attached hydrogens (tertiary/aromatic N) is 2. The van der Waals surface area contributed by atoms with E-state index in [2.05, 4.69) is 21.2 Å². The smallest absolute Gasteiger partial charge is 0.264 e. The van der Waals surface area contributed by atoms with E-state index >= 15 is 0 Å². The second kappa shape index (κ2) is 15.8. The average Bonchev–Trinajstić information content (AvgIpc) is 3.02. The number of nitrogens with one attached hydrogen (secondary N) is 1. The Morgan fingerprint density at radius 3 is 2.17 bits per heavy atom. The summed E-state index contributed by atoms with van der Waals surface area (Å²) in [4.78, 5) is 30.0. The van der Waals surface area contributed by atoms with Crippen LogP contribution in [0.3, 0.4) is 0 Å². The Bertz CT molecular complexity index is 1770. The summed E-state index contributed by atoms with van der Waals surface area (Å²) in [6.07, 6.45) is 0.242. The molecule has 0 heterocycles. The lowest BCUT2D eigenvalue weighted by atomic mass is 10.0. The van der Waals surface area contributed by atoms with Gasteiger partial charge in [-0.15, -0.1) is 0 Å². The quantitative estimate of drug-likeness (QED) is 0.157. The van der Waals surface area contributed by atoms with E-state index in [0.717, 1.165) is 31.0 Å². The zero-order chi connectivity index (χ0) is 33.4. The number of anilines is 1. The Balaban J connectivity index is 1.82. The maximum absolute atomic E-state index is 14.6. The normalized spacial score (nSPS) is 12.1. The molecular formula is C36H39BrClN3O4S. The van der Waals surface area contributed by atoms with E-state index in [4.69, 9.17) is 11.6 Å². The molecule has 1 N–H and O–H groups in total. The number of amides is 2. The van der Waals surface area contributed by atoms with E-state index in [1.54, 1.807) is 30.3 Å². The zero-order valence-electron chi connectivity index (χ0n) is 26.4. The number of rotatable bonds is 13. The third-order valence-corrected chi connectivity index (χ3v) is 10.2. The fraction of sp³-hybridized carbons (Fsp3) is 0.278. The number of carbonyl (C=O) groups is 2. The van der Waals surface area contributed by atoms with Crippen molar-refractivity contribution in [2.75, 3.05) is 17.4 Å². The van der Waals surface area contributed by atoms with Crippen LogP contribution in [0, 0.1) is 19.8 Å². The third-order valence-electron chi connectivity index (χ3n) is 7.53. The Labute approximate surface area is 285 Å². The first-order chi connectivity index (χ1) is 21.8. The standard InChI is InChI=1S/C36H39BrClN3O4S/c1-25(2)22-39-36(43)34(20-28-9-6-5-7-10-28)40(23-29-11-8-12-30(37)19-29)35(42)24-41(31-16-15-27(4)33(38)21-31)46(44,45)32-17-13-26(3)14-18-32/h5-19,21,25,34H,20,22-24H2,1-4H3,(H,39,43). The number of sulfonamides is 1. The van der Waals surface area contributed by atoms with Gasteiger partial charge in [0.15, 0.2) is 0 Å². The Hall–Kier alpha value is -3.66. The lowest BCUT2D eigenvalue weighted by Crippen LogP contribution is -2.53. The summed E-state index contributed by atoms with van der Waals surface area (Å²) in [7, 11) is -4.22. The number of carbonyl (C=O) groups excluding carboxylic acids is 2. The molecule has 242 valence electrons. The minimum Gasteiger partial charge on any atom is -0.354 e. The highest BCUT2D eigenvalue weighted by atomic mass is 79.9. The summed E-state index contributed by atoms with van der Waals surface area (Å²) < 4.78 is 30.3. The van der Waals surface area contributed by atoms with Crippen LogP contribution in [0.4, 0.5) is 5.69 Å². The first-order valence-electron chi connectivity index (χ1n) is 15.1. The average molecular weight is 725 g/mol. The molecule has 1 unspecified atom stereocenters. The summed E-state index contributed by atoms with van der Waals surface area (Å²) in [5.41, 5.74) is 3.56. The molecule has 0 spiro atoms. The van der Waals surface area contributed by atoms with Gasteiger partial charge in [-0.05, 0) is 72.9 Å². The van der Waals surface area contributed by atoms with Gasteiger partial charge in [0.05, 0.1) is 10.6 Å². The van der Waals surface area contributed by atoms with Crippen LogP contribution in [0.5, 0.6) is 0 Å². The number of hydrogen-bond acceptors (Lipinski definition) is 4. The van der Waals surface area contributed by atoms with Crippen molar-refractivity contribution in [1.82, 2.24) is 10.2 Å². The molecule has 7 nitrogen and oxygen atoms in total. The molecule has 0 saturated heterocycles. The first kappa shape index (κ1) is 35.2. The van der Waals surface area contributed by atoms with Crippen molar-refractivity contribution in [3.8, 4) is 0 Å². The van der Waals surface area contributed by atoms with Gasteiger partial charge in [0, 0.05) is 29.0 Å². The molecule has 0 aliphatic rings. The fourth-order valence-electron chi connectivity index (χ4n) is 4.91. The van der Waals surface area contributed by atoms with E-state index in [1.165, 1.54) is 17.0 Å². The summed E-state index contributed by atoms with van der Waals surface area (Å²) >= 11 is 9.97. The summed E-state index contributed by atoms with van der Waals surface area (Å²) in [5.74, 6) is -0.655. The van der Waals surface area contributed by atoms with Crippen molar-refractivity contribution in [1.29, 1.82) is 0 Å². The highest BCUT2D eigenvalue weighted by Gasteiger charge is 2.35. The topological polar surface area (TPSA) is 86.8 Å². The van der Waals surface area contributed by atoms with E-state index in [0.29, 0.717) is 11.6 Å². The molecule has 46 heavy (non-hydrogen) atoms. The molecule has 0 radical (unpaired) electrons. The van der Waals surface area contributed by atoms with Gasteiger partial charge in [-0.1, -0.05) is 108 Å². The molecule has 4 rings (SSSR count). The zero-order valence-corrected chi connectivity index (χ0v) is 29.6. The van der Waals surface area contributed by atoms with Crippen molar-refractivity contribution in [3.05, 3.63) is 129 Å². The van der Waals surface area contributed by atoms with E-state index in [1.807, 2.05) is 82.3 Å². The van der Waals surface area contributed by atoms with Crippen LogP contribution < -0.4 is 9.62 Å². The SMILES string of the molecule is Cc1ccc(S(=O)(=O)N(CC(=O)N(Cc2cccc(Br)c2)C(Cc2ccccc2)C(=O)NCC(C)C)c2ccc(C)c(Cl)c2)cc1. The molecular weight excluding hydrogens is 686 g/mol. The molecule has 1 atom stereocenters. The number of hydrogen-bond donors (Lipinski definition) is 1. The summed E-state index contributed by atoms with van der Waals surface area (Å²) in [6, 6.07) is 27.4. The van der Waals surface area contributed by atoms with E-state index in [9.17, 15) is 18.0 Å². The van der Waals surface area contributed by atoms with Crippen LogP contribution in [0.2, 0.25) is 5.02 Å². The fourth-order valence-corrected chi connectivity index (χ4v) is 6.94. The predicted molar refractivity (Wildman–Crippen MR) is 188 cm³/mol. The number of halogens is 2. The maximum Gasteiger partial charge on any atom is 0.264 e. The Morgan fingerprint density at radius 2 is 1.54 bits per heavy atom. The third kappa shape index (κ3) is 9.21. The molecule has 4 aromatic carbocycles. The number of benzene rings is 4. The van der Waals surface area contributed by atoms with Gasteiger partial charge >= 0.3 is 0 Å². The Morgan fingerprint density at radius 1 is 0.870 bits per heavy atom. The minimum absolute atomic E-state index is 0.0386. The van der Waals surface area contributed by atoms with Crippen molar-refractivity contribution in [2.45, 2.75) is 51.6 Å². The predicted octanol–water partition coefficient (Wildman–Crippen LogP) is 7.33. The van der Waals surface area contributed by atoms with Crippen molar-refractivity contribution < 1.29 is 18.0 Å². The van der Waals surface area contributed by atoms with Gasteiger partial charge in [0.2, 0.25) is 11.8 Å². The van der Waals surface area contributed by atoms with Crippen LogP contribution in [-0.4, -0.2) is 44.3 Å². The maximum atomic E-state index is 14.6. The summed E-state index contributed by atoms with van der Waals surface area (Å²) in [6.45, 7) is 7.65. The molecule has 0 bridgehead atoms. The van der Waals surface area contributed by atoms with Crippen LogP contribution in [0.25, 0.3) is 0 Å². The monoisotopic (exact) mass is 723 g/mol. The first-order valence-corrected chi connectivity index (χ1v) is 17.7.